The molecule has 12 heteroatoms. The molecule has 3 aromatic heterocycles. The van der Waals surface area contributed by atoms with Crippen LogP contribution in [0.15, 0.2) is 24.7 Å². The number of pyridine rings is 1. The molecule has 190 valence electrons. The van der Waals surface area contributed by atoms with Gasteiger partial charge in [-0.3, -0.25) is 4.79 Å². The average Bonchev–Trinajstić information content (AvgIpc) is 3.24. The van der Waals surface area contributed by atoms with Gasteiger partial charge in [-0.1, -0.05) is 11.6 Å². The Kier molecular flexibility index (Phi) is 9.52. The lowest BCUT2D eigenvalue weighted by molar-refractivity contribution is -0.126. The summed E-state index contributed by atoms with van der Waals surface area (Å²) in [5.74, 6) is 0.279. The lowest BCUT2D eigenvalue weighted by atomic mass is 9.89. The van der Waals surface area contributed by atoms with E-state index in [0.29, 0.717) is 22.1 Å². The Morgan fingerprint density at radius 1 is 1.09 bits per heavy atom. The van der Waals surface area contributed by atoms with E-state index < -0.39 is 5.82 Å². The van der Waals surface area contributed by atoms with E-state index in [0.717, 1.165) is 57.0 Å². The summed E-state index contributed by atoms with van der Waals surface area (Å²) >= 11 is 6.10. The number of piperidine rings is 1. The number of amides is 1. The minimum absolute atomic E-state index is 0. The van der Waals surface area contributed by atoms with Crippen molar-refractivity contribution >= 4 is 59.2 Å². The third-order valence-electron chi connectivity index (χ3n) is 6.55. The first kappa shape index (κ1) is 27.4. The second-order valence-electron chi connectivity index (χ2n) is 8.88. The van der Waals surface area contributed by atoms with Crippen molar-refractivity contribution in [2.24, 2.45) is 5.92 Å². The number of hydrogen-bond acceptors (Lipinski definition) is 6. The van der Waals surface area contributed by atoms with Gasteiger partial charge >= 0.3 is 0 Å². The highest BCUT2D eigenvalue weighted by atomic mass is 35.5. The van der Waals surface area contributed by atoms with E-state index in [2.05, 4.69) is 35.9 Å². The van der Waals surface area contributed by atoms with Crippen molar-refractivity contribution in [1.82, 2.24) is 30.6 Å². The van der Waals surface area contributed by atoms with E-state index in [-0.39, 0.29) is 54.5 Å². The van der Waals surface area contributed by atoms with E-state index in [4.69, 9.17) is 11.6 Å². The Balaban J connectivity index is 0.00000171. The fourth-order valence-electron chi connectivity index (χ4n) is 4.81. The lowest BCUT2D eigenvalue weighted by Crippen LogP contribution is -2.46. The number of halogens is 4. The van der Waals surface area contributed by atoms with Gasteiger partial charge in [-0.25, -0.2) is 19.3 Å². The van der Waals surface area contributed by atoms with E-state index in [1.165, 1.54) is 6.20 Å². The number of hydrogen-bond donors (Lipinski definition) is 4. The van der Waals surface area contributed by atoms with Crippen LogP contribution >= 0.6 is 36.4 Å². The van der Waals surface area contributed by atoms with Crippen LogP contribution in [0.4, 0.5) is 10.2 Å². The maximum atomic E-state index is 14.6. The van der Waals surface area contributed by atoms with Gasteiger partial charge in [-0.2, -0.15) is 0 Å². The SMILES string of the molecule is Cl.Cl.O=C(N[C@@H]1CCC[C@H](Nc2nc(-c3c[nH]c4ncc(Cl)cc34)ncc2F)C1)C1CCNCC1. The molecule has 2 aliphatic rings. The number of rotatable bonds is 5. The van der Waals surface area contributed by atoms with Crippen LogP contribution in [0.3, 0.4) is 0 Å². The summed E-state index contributed by atoms with van der Waals surface area (Å²) in [6.07, 6.45) is 9.78. The number of fused-ring (bicyclic) bond motifs is 1. The highest BCUT2D eigenvalue weighted by molar-refractivity contribution is 6.31. The summed E-state index contributed by atoms with van der Waals surface area (Å²) in [6.45, 7) is 1.78. The highest BCUT2D eigenvalue weighted by Crippen LogP contribution is 2.29. The minimum Gasteiger partial charge on any atom is -0.365 e. The number of nitrogens with zero attached hydrogens (tertiary/aromatic N) is 3. The number of H-pyrrole nitrogens is 1. The Morgan fingerprint density at radius 2 is 1.86 bits per heavy atom. The Hall–Kier alpha value is -2.20. The summed E-state index contributed by atoms with van der Waals surface area (Å²) in [5, 5.41) is 11.0. The largest absolute Gasteiger partial charge is 0.365 e. The van der Waals surface area contributed by atoms with E-state index in [1.807, 2.05) is 0 Å². The Bertz CT molecular complexity index is 1160. The molecule has 4 N–H and O–H groups in total. The van der Waals surface area contributed by atoms with Crippen molar-refractivity contribution in [2.45, 2.75) is 50.6 Å². The number of aromatic nitrogens is 4. The first-order valence-electron chi connectivity index (χ1n) is 11.5. The zero-order chi connectivity index (χ0) is 22.8. The molecule has 1 saturated carbocycles. The van der Waals surface area contributed by atoms with Crippen LogP contribution in [0.25, 0.3) is 22.4 Å². The molecule has 0 bridgehead atoms. The zero-order valence-corrected chi connectivity index (χ0v) is 21.4. The van der Waals surface area contributed by atoms with Crippen LogP contribution in [0, 0.1) is 11.7 Å². The Morgan fingerprint density at radius 3 is 2.66 bits per heavy atom. The second kappa shape index (κ2) is 12.2. The maximum Gasteiger partial charge on any atom is 0.223 e. The van der Waals surface area contributed by atoms with Gasteiger partial charge in [-0.15, -0.1) is 24.8 Å². The van der Waals surface area contributed by atoms with Crippen LogP contribution in [0.5, 0.6) is 0 Å². The van der Waals surface area contributed by atoms with Crippen molar-refractivity contribution in [2.75, 3.05) is 18.4 Å². The minimum atomic E-state index is -0.504. The molecule has 0 radical (unpaired) electrons. The summed E-state index contributed by atoms with van der Waals surface area (Å²) in [4.78, 5) is 28.6. The molecule has 3 aromatic rings. The van der Waals surface area contributed by atoms with Crippen LogP contribution in [0.2, 0.25) is 5.02 Å². The summed E-state index contributed by atoms with van der Waals surface area (Å²) in [7, 11) is 0. The third kappa shape index (κ3) is 6.33. The topological polar surface area (TPSA) is 108 Å². The lowest BCUT2D eigenvalue weighted by Gasteiger charge is -2.32. The van der Waals surface area contributed by atoms with Gasteiger partial charge in [0.1, 0.15) is 5.65 Å². The van der Waals surface area contributed by atoms with E-state index >= 15 is 0 Å². The molecule has 0 unspecified atom stereocenters. The monoisotopic (exact) mass is 543 g/mol. The van der Waals surface area contributed by atoms with Gasteiger partial charge in [0.2, 0.25) is 5.91 Å². The normalized spacial score (nSPS) is 20.5. The van der Waals surface area contributed by atoms with Crippen molar-refractivity contribution < 1.29 is 9.18 Å². The summed E-state index contributed by atoms with van der Waals surface area (Å²) in [6, 6.07) is 1.89. The van der Waals surface area contributed by atoms with Gasteiger partial charge in [0.05, 0.1) is 11.2 Å². The standard InChI is InChI=1S/C23H27ClFN7O.2ClH/c24-14-8-17-18(11-28-20(17)27-10-14)21-29-12-19(25)22(32-21)30-15-2-1-3-16(9-15)31-23(33)13-4-6-26-7-5-13;;/h8,10-13,15-16,26H,1-7,9H2,(H,27,28)(H,31,33)(H,29,30,32);2*1H/t15-,16+;;/m0../s1. The molecule has 1 aliphatic carbocycles. The van der Waals surface area contributed by atoms with Crippen LogP contribution < -0.4 is 16.0 Å². The van der Waals surface area contributed by atoms with Crippen LogP contribution in [0.1, 0.15) is 38.5 Å². The second-order valence-corrected chi connectivity index (χ2v) is 9.32. The van der Waals surface area contributed by atoms with Gasteiger partial charge in [0.15, 0.2) is 17.5 Å². The molecule has 0 aromatic carbocycles. The van der Waals surface area contributed by atoms with E-state index in [1.54, 1.807) is 18.5 Å². The van der Waals surface area contributed by atoms with Gasteiger partial charge in [0.25, 0.3) is 0 Å². The van der Waals surface area contributed by atoms with Crippen molar-refractivity contribution in [3.63, 3.8) is 0 Å². The van der Waals surface area contributed by atoms with Gasteiger partial charge in [0, 0.05) is 41.3 Å². The highest BCUT2D eigenvalue weighted by Gasteiger charge is 2.28. The molecular weight excluding hydrogens is 516 g/mol. The summed E-state index contributed by atoms with van der Waals surface area (Å²) < 4.78 is 14.6. The number of anilines is 1. The summed E-state index contributed by atoms with van der Waals surface area (Å²) in [5.41, 5.74) is 1.37. The number of nitrogens with one attached hydrogen (secondary N) is 4. The number of aromatic amines is 1. The quantitative estimate of drug-likeness (QED) is 0.377. The molecule has 35 heavy (non-hydrogen) atoms. The smallest absolute Gasteiger partial charge is 0.223 e. The number of carbonyl (C=O) groups is 1. The molecule has 1 saturated heterocycles. The molecule has 8 nitrogen and oxygen atoms in total. The maximum absolute atomic E-state index is 14.6. The molecule has 2 atom stereocenters. The fourth-order valence-corrected chi connectivity index (χ4v) is 4.97. The molecule has 5 rings (SSSR count). The van der Waals surface area contributed by atoms with Crippen LogP contribution in [-0.2, 0) is 4.79 Å². The average molecular weight is 545 g/mol. The fraction of sp³-hybridized carbons (Fsp3) is 0.478. The van der Waals surface area contributed by atoms with Crippen molar-refractivity contribution in [3.05, 3.63) is 35.5 Å². The van der Waals surface area contributed by atoms with Crippen LogP contribution in [-0.4, -0.2) is 51.0 Å². The van der Waals surface area contributed by atoms with E-state index in [9.17, 15) is 9.18 Å². The third-order valence-corrected chi connectivity index (χ3v) is 6.76. The van der Waals surface area contributed by atoms with Crippen molar-refractivity contribution in [1.29, 1.82) is 0 Å². The molecule has 0 spiro atoms. The Labute approximate surface area is 220 Å². The predicted octanol–water partition coefficient (Wildman–Crippen LogP) is 4.49. The predicted molar refractivity (Wildman–Crippen MR) is 140 cm³/mol. The molecule has 2 fully saturated rings. The van der Waals surface area contributed by atoms with Crippen molar-refractivity contribution in [3.8, 4) is 11.4 Å². The molecule has 1 amide bonds. The zero-order valence-electron chi connectivity index (χ0n) is 19.0. The molecular formula is C23H29Cl3FN7O. The first-order chi connectivity index (χ1) is 16.1. The molecule has 1 aliphatic heterocycles. The molecule has 4 heterocycles. The van der Waals surface area contributed by atoms with Gasteiger partial charge < -0.3 is 20.9 Å². The first-order valence-corrected chi connectivity index (χ1v) is 11.9. The number of carbonyl (C=O) groups excluding carboxylic acids is 1. The van der Waals surface area contributed by atoms with Gasteiger partial charge in [-0.05, 0) is 57.7 Å².